The van der Waals surface area contributed by atoms with Crippen LogP contribution >= 0.6 is 11.6 Å². The topological polar surface area (TPSA) is 61.4 Å². The highest BCUT2D eigenvalue weighted by atomic mass is 35.5. The van der Waals surface area contributed by atoms with Crippen LogP contribution in [0.3, 0.4) is 0 Å². The van der Waals surface area contributed by atoms with Crippen LogP contribution in [0.5, 0.6) is 0 Å². The number of anilines is 1. The van der Waals surface area contributed by atoms with E-state index in [1.165, 1.54) is 6.92 Å². The molecule has 0 aliphatic heterocycles. The quantitative estimate of drug-likeness (QED) is 0.828. The lowest BCUT2D eigenvalue weighted by Crippen LogP contribution is -2.36. The standard InChI is InChI=1S/C13H18ClN3O2/c1-10(18)15-7-8-17(2)9-13(19)16-12-6-4-3-5-11(12)14/h3-6H,7-9H2,1-2H3,(H,15,18)(H,16,19). The van der Waals surface area contributed by atoms with Crippen molar-refractivity contribution in [2.45, 2.75) is 6.92 Å². The monoisotopic (exact) mass is 283 g/mol. The fourth-order valence-corrected chi connectivity index (χ4v) is 1.68. The lowest BCUT2D eigenvalue weighted by atomic mass is 10.3. The Hall–Kier alpha value is -1.59. The maximum atomic E-state index is 11.8. The van der Waals surface area contributed by atoms with Crippen LogP contribution in [0.1, 0.15) is 6.92 Å². The Morgan fingerprint density at radius 2 is 2.00 bits per heavy atom. The molecule has 19 heavy (non-hydrogen) atoms. The first-order valence-corrected chi connectivity index (χ1v) is 6.34. The number of para-hydroxylation sites is 1. The van der Waals surface area contributed by atoms with E-state index in [2.05, 4.69) is 10.6 Å². The first kappa shape index (κ1) is 15.5. The molecule has 0 heterocycles. The van der Waals surface area contributed by atoms with Gasteiger partial charge in [0.05, 0.1) is 17.3 Å². The Morgan fingerprint density at radius 3 is 2.63 bits per heavy atom. The highest BCUT2D eigenvalue weighted by Crippen LogP contribution is 2.20. The van der Waals surface area contributed by atoms with Crippen molar-refractivity contribution < 1.29 is 9.59 Å². The molecule has 0 aromatic heterocycles. The predicted molar refractivity (Wildman–Crippen MR) is 76.3 cm³/mol. The highest BCUT2D eigenvalue weighted by Gasteiger charge is 2.08. The number of amides is 2. The number of nitrogens with zero attached hydrogens (tertiary/aromatic N) is 1. The van der Waals surface area contributed by atoms with Crippen molar-refractivity contribution >= 4 is 29.1 Å². The summed E-state index contributed by atoms with van der Waals surface area (Å²) in [5, 5.41) is 5.93. The molecule has 0 atom stereocenters. The fraction of sp³-hybridized carbons (Fsp3) is 0.385. The van der Waals surface area contributed by atoms with E-state index < -0.39 is 0 Å². The normalized spacial score (nSPS) is 10.3. The zero-order chi connectivity index (χ0) is 14.3. The number of likely N-dealkylation sites (N-methyl/N-ethyl adjacent to an activating group) is 1. The molecule has 0 radical (unpaired) electrons. The number of carbonyl (C=O) groups is 2. The second-order valence-electron chi connectivity index (χ2n) is 4.25. The van der Waals surface area contributed by atoms with Crippen molar-refractivity contribution in [3.05, 3.63) is 29.3 Å². The van der Waals surface area contributed by atoms with E-state index in [0.717, 1.165) is 0 Å². The molecule has 5 nitrogen and oxygen atoms in total. The van der Waals surface area contributed by atoms with Gasteiger partial charge < -0.3 is 10.6 Å². The van der Waals surface area contributed by atoms with Crippen molar-refractivity contribution in [2.75, 3.05) is 32.0 Å². The van der Waals surface area contributed by atoms with E-state index in [1.807, 2.05) is 18.0 Å². The van der Waals surface area contributed by atoms with Crippen LogP contribution in [-0.4, -0.2) is 43.4 Å². The van der Waals surface area contributed by atoms with Crippen molar-refractivity contribution in [1.82, 2.24) is 10.2 Å². The second kappa shape index (κ2) is 7.76. The van der Waals surface area contributed by atoms with Gasteiger partial charge in [-0.2, -0.15) is 0 Å². The van der Waals surface area contributed by atoms with Crippen LogP contribution in [0.2, 0.25) is 5.02 Å². The van der Waals surface area contributed by atoms with Gasteiger partial charge in [0.25, 0.3) is 0 Å². The molecular formula is C13H18ClN3O2. The Morgan fingerprint density at radius 1 is 1.32 bits per heavy atom. The Kier molecular flexibility index (Phi) is 6.32. The SMILES string of the molecule is CC(=O)NCCN(C)CC(=O)Nc1ccccc1Cl. The third kappa shape index (κ3) is 6.22. The molecule has 0 unspecified atom stereocenters. The van der Waals surface area contributed by atoms with E-state index in [-0.39, 0.29) is 18.4 Å². The molecule has 0 spiro atoms. The fourth-order valence-electron chi connectivity index (χ4n) is 1.50. The van der Waals surface area contributed by atoms with Gasteiger partial charge in [-0.1, -0.05) is 23.7 Å². The van der Waals surface area contributed by atoms with E-state index in [1.54, 1.807) is 18.2 Å². The molecule has 1 aromatic rings. The Labute approximate surface area is 117 Å². The van der Waals surface area contributed by atoms with E-state index in [9.17, 15) is 9.59 Å². The van der Waals surface area contributed by atoms with Crippen LogP contribution in [0.25, 0.3) is 0 Å². The molecule has 2 amide bonds. The zero-order valence-electron chi connectivity index (χ0n) is 11.1. The van der Waals surface area contributed by atoms with Crippen molar-refractivity contribution in [3.8, 4) is 0 Å². The van der Waals surface area contributed by atoms with Gasteiger partial charge in [-0.15, -0.1) is 0 Å². The molecule has 0 saturated carbocycles. The minimum absolute atomic E-state index is 0.0751. The smallest absolute Gasteiger partial charge is 0.238 e. The summed E-state index contributed by atoms with van der Waals surface area (Å²) < 4.78 is 0. The van der Waals surface area contributed by atoms with Crippen LogP contribution < -0.4 is 10.6 Å². The molecule has 104 valence electrons. The Balaban J connectivity index is 2.35. The predicted octanol–water partition coefficient (Wildman–Crippen LogP) is 1.35. The van der Waals surface area contributed by atoms with Crippen molar-refractivity contribution in [2.24, 2.45) is 0 Å². The summed E-state index contributed by atoms with van der Waals surface area (Å²) in [6, 6.07) is 7.08. The average Bonchev–Trinajstić information content (AvgIpc) is 2.31. The van der Waals surface area contributed by atoms with Gasteiger partial charge in [0, 0.05) is 20.0 Å². The molecule has 2 N–H and O–H groups in total. The molecule has 1 aromatic carbocycles. The summed E-state index contributed by atoms with van der Waals surface area (Å²) in [7, 11) is 1.81. The third-order valence-corrected chi connectivity index (χ3v) is 2.76. The molecule has 0 aliphatic carbocycles. The van der Waals surface area contributed by atoms with Crippen LogP contribution in [0, 0.1) is 0 Å². The number of hydrogen-bond acceptors (Lipinski definition) is 3. The second-order valence-corrected chi connectivity index (χ2v) is 4.66. The number of benzene rings is 1. The highest BCUT2D eigenvalue weighted by molar-refractivity contribution is 6.33. The summed E-state index contributed by atoms with van der Waals surface area (Å²) in [6.45, 7) is 2.83. The minimum atomic E-state index is -0.140. The average molecular weight is 284 g/mol. The lowest BCUT2D eigenvalue weighted by molar-refractivity contribution is -0.118. The van der Waals surface area contributed by atoms with Gasteiger partial charge in [0.15, 0.2) is 0 Å². The molecule has 0 aliphatic rings. The number of halogens is 1. The van der Waals surface area contributed by atoms with Gasteiger partial charge >= 0.3 is 0 Å². The molecule has 1 rings (SSSR count). The summed E-state index contributed by atoms with van der Waals surface area (Å²) >= 11 is 5.95. The van der Waals surface area contributed by atoms with Gasteiger partial charge in [0.2, 0.25) is 11.8 Å². The van der Waals surface area contributed by atoms with E-state index >= 15 is 0 Å². The van der Waals surface area contributed by atoms with Gasteiger partial charge in [0.1, 0.15) is 0 Å². The minimum Gasteiger partial charge on any atom is -0.355 e. The zero-order valence-corrected chi connectivity index (χ0v) is 11.8. The van der Waals surface area contributed by atoms with Crippen LogP contribution in [0.4, 0.5) is 5.69 Å². The van der Waals surface area contributed by atoms with Gasteiger partial charge in [-0.25, -0.2) is 0 Å². The van der Waals surface area contributed by atoms with Gasteiger partial charge in [-0.05, 0) is 19.2 Å². The summed E-state index contributed by atoms with van der Waals surface area (Å²) in [5.41, 5.74) is 0.601. The molecule has 0 fully saturated rings. The van der Waals surface area contributed by atoms with E-state index in [0.29, 0.717) is 23.8 Å². The molecule has 6 heteroatoms. The first-order chi connectivity index (χ1) is 8.99. The number of carbonyl (C=O) groups excluding carboxylic acids is 2. The molecule has 0 saturated heterocycles. The molecular weight excluding hydrogens is 266 g/mol. The number of hydrogen-bond donors (Lipinski definition) is 2. The summed E-state index contributed by atoms with van der Waals surface area (Å²) in [4.78, 5) is 24.3. The summed E-state index contributed by atoms with van der Waals surface area (Å²) in [5.74, 6) is -0.215. The lowest BCUT2D eigenvalue weighted by Gasteiger charge is -2.16. The maximum Gasteiger partial charge on any atom is 0.238 e. The first-order valence-electron chi connectivity index (χ1n) is 5.96. The Bertz CT molecular complexity index is 451. The van der Waals surface area contributed by atoms with Crippen LogP contribution in [0.15, 0.2) is 24.3 Å². The van der Waals surface area contributed by atoms with Crippen molar-refractivity contribution in [1.29, 1.82) is 0 Å². The maximum absolute atomic E-state index is 11.8. The largest absolute Gasteiger partial charge is 0.355 e. The van der Waals surface area contributed by atoms with Crippen molar-refractivity contribution in [3.63, 3.8) is 0 Å². The van der Waals surface area contributed by atoms with Crippen LogP contribution in [-0.2, 0) is 9.59 Å². The van der Waals surface area contributed by atoms with E-state index in [4.69, 9.17) is 11.6 Å². The third-order valence-electron chi connectivity index (χ3n) is 2.43. The molecule has 0 bridgehead atoms. The summed E-state index contributed by atoms with van der Waals surface area (Å²) in [6.07, 6.45) is 0. The van der Waals surface area contributed by atoms with Gasteiger partial charge in [-0.3, -0.25) is 14.5 Å². The number of rotatable bonds is 6. The number of nitrogens with one attached hydrogen (secondary N) is 2.